The van der Waals surface area contributed by atoms with Crippen molar-refractivity contribution in [1.82, 2.24) is 4.98 Å². The average molecular weight is 357 g/mol. The molecule has 1 heterocycles. The van der Waals surface area contributed by atoms with E-state index in [-0.39, 0.29) is 22.2 Å². The van der Waals surface area contributed by atoms with Crippen LogP contribution < -0.4 is 10.5 Å². The van der Waals surface area contributed by atoms with Gasteiger partial charge in [-0.2, -0.15) is 5.26 Å². The number of nitriles is 1. The normalized spacial score (nSPS) is 11.1. The zero-order chi connectivity index (χ0) is 13.1. The molecule has 0 atom stereocenters. The molecule has 1 aromatic heterocycles. The number of nitrogens with zero attached hydrogens (tertiary/aromatic N) is 2. The Morgan fingerprint density at radius 3 is 2.65 bits per heavy atom. The molecule has 0 radical (unpaired) electrons. The highest BCUT2D eigenvalue weighted by Crippen LogP contribution is 2.32. The minimum Gasteiger partial charge on any atom is -0.403 e. The van der Waals surface area contributed by atoms with E-state index in [2.05, 4.69) is 9.72 Å². The Morgan fingerprint density at radius 1 is 1.53 bits per heavy atom. The Kier molecular flexibility index (Phi) is 4.53. The van der Waals surface area contributed by atoms with Gasteiger partial charge in [-0.1, -0.05) is 0 Å². The topological polar surface area (TPSA) is 71.9 Å². The molecular weight excluding hydrogens is 350 g/mol. The summed E-state index contributed by atoms with van der Waals surface area (Å²) in [6.45, 7) is 0.0479. The zero-order valence-electron chi connectivity index (χ0n) is 8.38. The van der Waals surface area contributed by atoms with Crippen LogP contribution in [0.2, 0.25) is 0 Å². The van der Waals surface area contributed by atoms with Gasteiger partial charge in [0, 0.05) is 18.3 Å². The van der Waals surface area contributed by atoms with E-state index in [4.69, 9.17) is 11.0 Å². The molecule has 4 nitrogen and oxygen atoms in total. The second-order valence-corrected chi connectivity index (χ2v) is 4.04. The molecule has 8 heteroatoms. The molecule has 0 bridgehead atoms. The van der Waals surface area contributed by atoms with Gasteiger partial charge in [0.15, 0.2) is 5.75 Å². The monoisotopic (exact) mass is 357 g/mol. The molecule has 0 saturated carbocycles. The smallest absolute Gasteiger partial charge is 0.403 e. The van der Waals surface area contributed by atoms with Gasteiger partial charge in [-0.15, -0.1) is 13.2 Å². The van der Waals surface area contributed by atoms with Crippen molar-refractivity contribution in [3.63, 3.8) is 0 Å². The molecule has 92 valence electrons. The van der Waals surface area contributed by atoms with Crippen molar-refractivity contribution >= 4 is 22.6 Å². The van der Waals surface area contributed by atoms with Gasteiger partial charge < -0.3 is 10.5 Å². The first-order valence-electron chi connectivity index (χ1n) is 4.38. The molecule has 0 aliphatic carbocycles. The second kappa shape index (κ2) is 5.50. The molecule has 0 aliphatic heterocycles. The molecule has 0 fully saturated rings. The summed E-state index contributed by atoms with van der Waals surface area (Å²) in [5.74, 6) is -0.442. The minimum absolute atomic E-state index is 0.0479. The third-order valence-corrected chi connectivity index (χ3v) is 2.99. The fourth-order valence-corrected chi connectivity index (χ4v) is 1.89. The Hall–Kier alpha value is -1.08. The molecule has 0 spiro atoms. The molecule has 0 unspecified atom stereocenters. The van der Waals surface area contributed by atoms with Crippen LogP contribution in [0.15, 0.2) is 6.20 Å². The third kappa shape index (κ3) is 3.71. The van der Waals surface area contributed by atoms with E-state index < -0.39 is 12.1 Å². The molecule has 0 amide bonds. The van der Waals surface area contributed by atoms with E-state index in [1.54, 1.807) is 28.7 Å². The maximum absolute atomic E-state index is 12.2. The van der Waals surface area contributed by atoms with Crippen molar-refractivity contribution in [2.75, 3.05) is 0 Å². The quantitative estimate of drug-likeness (QED) is 0.842. The third-order valence-electron chi connectivity index (χ3n) is 1.80. The van der Waals surface area contributed by atoms with E-state index in [9.17, 15) is 13.2 Å². The van der Waals surface area contributed by atoms with Crippen molar-refractivity contribution in [1.29, 1.82) is 5.26 Å². The van der Waals surface area contributed by atoms with Gasteiger partial charge in [-0.3, -0.25) is 4.98 Å². The highest BCUT2D eigenvalue weighted by atomic mass is 127. The number of rotatable bonds is 3. The van der Waals surface area contributed by atoms with E-state index in [0.29, 0.717) is 5.56 Å². The number of hydrogen-bond acceptors (Lipinski definition) is 4. The second-order valence-electron chi connectivity index (χ2n) is 2.96. The van der Waals surface area contributed by atoms with E-state index in [0.717, 1.165) is 0 Å². The first-order chi connectivity index (χ1) is 7.89. The summed E-state index contributed by atoms with van der Waals surface area (Å²) >= 11 is 1.69. The van der Waals surface area contributed by atoms with Crippen molar-refractivity contribution in [2.24, 2.45) is 5.73 Å². The van der Waals surface area contributed by atoms with Crippen LogP contribution in [0, 0.1) is 14.9 Å². The van der Waals surface area contributed by atoms with Gasteiger partial charge in [0.25, 0.3) is 0 Å². The fraction of sp³-hybridized carbons (Fsp3) is 0.333. The summed E-state index contributed by atoms with van der Waals surface area (Å²) < 4.78 is 40.7. The Bertz CT molecular complexity index is 456. The number of pyridine rings is 1. The Labute approximate surface area is 109 Å². The van der Waals surface area contributed by atoms with Gasteiger partial charge >= 0.3 is 6.36 Å². The van der Waals surface area contributed by atoms with Crippen molar-refractivity contribution in [3.05, 3.63) is 21.0 Å². The number of halogens is 4. The lowest BCUT2D eigenvalue weighted by molar-refractivity contribution is -0.275. The van der Waals surface area contributed by atoms with Crippen LogP contribution in [-0.4, -0.2) is 11.3 Å². The predicted octanol–water partition coefficient (Wildman–Crippen LogP) is 2.11. The molecule has 1 aromatic rings. The number of alkyl halides is 3. The summed E-state index contributed by atoms with van der Waals surface area (Å²) in [5.41, 5.74) is 5.75. The summed E-state index contributed by atoms with van der Waals surface area (Å²) in [6, 6.07) is 1.73. The standard InChI is InChI=1S/C9H7F3IN3O/c10-9(11,12)17-8-6(1-2-14)16-4-5(3-15)7(8)13/h4H,1,3,15H2. The SMILES string of the molecule is N#CCc1ncc(CN)c(I)c1OC(F)(F)F. The molecule has 0 aromatic carbocycles. The predicted molar refractivity (Wildman–Crippen MR) is 60.8 cm³/mol. The van der Waals surface area contributed by atoms with E-state index >= 15 is 0 Å². The molecule has 17 heavy (non-hydrogen) atoms. The lowest BCUT2D eigenvalue weighted by atomic mass is 10.2. The molecule has 2 N–H and O–H groups in total. The van der Waals surface area contributed by atoms with E-state index in [1.165, 1.54) is 6.20 Å². The summed E-state index contributed by atoms with van der Waals surface area (Å²) in [4.78, 5) is 3.75. The van der Waals surface area contributed by atoms with Gasteiger partial charge in [0.2, 0.25) is 0 Å². The number of aromatic nitrogens is 1. The van der Waals surface area contributed by atoms with Gasteiger partial charge in [0.1, 0.15) is 0 Å². The Morgan fingerprint density at radius 2 is 2.18 bits per heavy atom. The Balaban J connectivity index is 3.25. The highest BCUT2D eigenvalue weighted by Gasteiger charge is 2.33. The van der Waals surface area contributed by atoms with Crippen LogP contribution in [-0.2, 0) is 13.0 Å². The highest BCUT2D eigenvalue weighted by molar-refractivity contribution is 14.1. The van der Waals surface area contributed by atoms with Gasteiger partial charge in [0.05, 0.1) is 21.8 Å². The maximum atomic E-state index is 12.2. The number of ether oxygens (including phenoxy) is 1. The summed E-state index contributed by atoms with van der Waals surface area (Å²) in [7, 11) is 0. The van der Waals surface area contributed by atoms with Crippen molar-refractivity contribution < 1.29 is 17.9 Å². The first kappa shape index (κ1) is 14.0. The maximum Gasteiger partial charge on any atom is 0.573 e. The number of nitrogens with two attached hydrogens (primary N) is 1. The molecule has 1 rings (SSSR count). The van der Waals surface area contributed by atoms with Gasteiger partial charge in [-0.25, -0.2) is 0 Å². The molecule has 0 saturated heterocycles. The van der Waals surface area contributed by atoms with Crippen LogP contribution in [0.1, 0.15) is 11.3 Å². The lowest BCUT2D eigenvalue weighted by Crippen LogP contribution is -2.20. The largest absolute Gasteiger partial charge is 0.573 e. The molecule has 0 aliphatic rings. The summed E-state index contributed by atoms with van der Waals surface area (Å²) in [6.07, 6.45) is -3.73. The number of hydrogen-bond donors (Lipinski definition) is 1. The van der Waals surface area contributed by atoms with Crippen LogP contribution in [0.25, 0.3) is 0 Å². The van der Waals surface area contributed by atoms with Crippen LogP contribution in [0.4, 0.5) is 13.2 Å². The van der Waals surface area contributed by atoms with Crippen LogP contribution >= 0.6 is 22.6 Å². The van der Waals surface area contributed by atoms with Gasteiger partial charge in [-0.05, 0) is 22.6 Å². The zero-order valence-corrected chi connectivity index (χ0v) is 10.5. The molecular formula is C9H7F3IN3O. The summed E-state index contributed by atoms with van der Waals surface area (Å²) in [5, 5.41) is 8.51. The fourth-order valence-electron chi connectivity index (χ4n) is 1.11. The van der Waals surface area contributed by atoms with E-state index in [1.807, 2.05) is 0 Å². The first-order valence-corrected chi connectivity index (χ1v) is 5.46. The lowest BCUT2D eigenvalue weighted by Gasteiger charge is -2.14. The van der Waals surface area contributed by atoms with Crippen molar-refractivity contribution in [2.45, 2.75) is 19.3 Å². The minimum atomic E-state index is -4.82. The average Bonchev–Trinajstić information content (AvgIpc) is 2.22. The van der Waals surface area contributed by atoms with Crippen LogP contribution in [0.3, 0.4) is 0 Å². The van der Waals surface area contributed by atoms with Crippen molar-refractivity contribution in [3.8, 4) is 11.8 Å². The van der Waals surface area contributed by atoms with Crippen LogP contribution in [0.5, 0.6) is 5.75 Å².